The lowest BCUT2D eigenvalue weighted by molar-refractivity contribution is -0.137. The number of amides is 1. The Morgan fingerprint density at radius 1 is 1.13 bits per heavy atom. The Balaban J connectivity index is 1.42. The van der Waals surface area contributed by atoms with Crippen molar-refractivity contribution in [3.8, 4) is 0 Å². The normalized spacial score (nSPS) is 22.8. The molecule has 0 bridgehead atoms. The van der Waals surface area contributed by atoms with Gasteiger partial charge in [0, 0.05) is 45.4 Å². The summed E-state index contributed by atoms with van der Waals surface area (Å²) in [5.74, 6) is 0.287. The molecule has 0 aromatic heterocycles. The maximum atomic E-state index is 12.6. The fourth-order valence-electron chi connectivity index (χ4n) is 3.58. The number of alkyl halides is 3. The highest BCUT2D eigenvalue weighted by Gasteiger charge is 2.32. The van der Waals surface area contributed by atoms with Crippen LogP contribution < -0.4 is 10.6 Å². The summed E-state index contributed by atoms with van der Waals surface area (Å²) in [6, 6.07) is 4.14. The van der Waals surface area contributed by atoms with Gasteiger partial charge in [0.25, 0.3) is 5.91 Å². The van der Waals surface area contributed by atoms with Crippen LogP contribution in [0.1, 0.15) is 28.8 Å². The van der Waals surface area contributed by atoms with Gasteiger partial charge < -0.3 is 25.0 Å². The number of hydrogen-bond acceptors (Lipinski definition) is 4. The van der Waals surface area contributed by atoms with Gasteiger partial charge >= 0.3 is 6.18 Å². The standard InChI is InChI=1S/C20H27F3N4O3/c1-24-19(27-10-12-30-17(13-27)16-3-2-11-29-16)26-9-8-25-18(28)14-4-6-15(7-5-14)20(21,22)23/h4-7,16-17H,2-3,8-13H2,1H3,(H,24,26)(H,25,28). The number of benzene rings is 1. The minimum absolute atomic E-state index is 0.0131. The monoisotopic (exact) mass is 428 g/mol. The van der Waals surface area contributed by atoms with Gasteiger partial charge in [-0.25, -0.2) is 0 Å². The minimum Gasteiger partial charge on any atom is -0.375 e. The number of ether oxygens (including phenoxy) is 2. The molecule has 0 saturated carbocycles. The van der Waals surface area contributed by atoms with Gasteiger partial charge in [-0.3, -0.25) is 9.79 Å². The average Bonchev–Trinajstić information content (AvgIpc) is 3.28. The molecule has 7 nitrogen and oxygen atoms in total. The van der Waals surface area contributed by atoms with E-state index in [0.29, 0.717) is 38.7 Å². The van der Waals surface area contributed by atoms with E-state index in [1.165, 1.54) is 12.1 Å². The fourth-order valence-corrected chi connectivity index (χ4v) is 3.58. The number of carbonyl (C=O) groups excluding carboxylic acids is 1. The predicted octanol–water partition coefficient (Wildman–Crippen LogP) is 1.89. The van der Waals surface area contributed by atoms with E-state index in [2.05, 4.69) is 20.5 Å². The summed E-state index contributed by atoms with van der Waals surface area (Å²) in [4.78, 5) is 18.5. The quantitative estimate of drug-likeness (QED) is 0.426. The molecule has 2 aliphatic heterocycles. The third-order valence-electron chi connectivity index (χ3n) is 5.15. The molecule has 0 spiro atoms. The maximum absolute atomic E-state index is 12.6. The van der Waals surface area contributed by atoms with Crippen molar-refractivity contribution in [3.63, 3.8) is 0 Å². The Morgan fingerprint density at radius 3 is 2.47 bits per heavy atom. The van der Waals surface area contributed by atoms with Crippen molar-refractivity contribution in [2.24, 2.45) is 4.99 Å². The molecule has 30 heavy (non-hydrogen) atoms. The summed E-state index contributed by atoms with van der Waals surface area (Å²) in [5, 5.41) is 5.89. The second kappa shape index (κ2) is 10.1. The molecule has 2 fully saturated rings. The van der Waals surface area contributed by atoms with Crippen LogP contribution in [0, 0.1) is 0 Å². The number of guanidine groups is 1. The minimum atomic E-state index is -4.42. The molecule has 10 heteroatoms. The second-order valence-electron chi connectivity index (χ2n) is 7.21. The highest BCUT2D eigenvalue weighted by molar-refractivity contribution is 5.94. The van der Waals surface area contributed by atoms with Crippen molar-refractivity contribution < 1.29 is 27.4 Å². The van der Waals surface area contributed by atoms with Crippen molar-refractivity contribution in [3.05, 3.63) is 35.4 Å². The molecule has 3 rings (SSSR count). The van der Waals surface area contributed by atoms with Crippen LogP contribution in [0.4, 0.5) is 13.2 Å². The lowest BCUT2D eigenvalue weighted by atomic mass is 10.1. The van der Waals surface area contributed by atoms with E-state index in [9.17, 15) is 18.0 Å². The first-order chi connectivity index (χ1) is 14.4. The molecule has 1 amide bonds. The van der Waals surface area contributed by atoms with E-state index < -0.39 is 17.6 Å². The zero-order valence-electron chi connectivity index (χ0n) is 16.9. The maximum Gasteiger partial charge on any atom is 0.416 e. The number of nitrogens with one attached hydrogen (secondary N) is 2. The van der Waals surface area contributed by atoms with E-state index in [-0.39, 0.29) is 17.8 Å². The molecule has 166 valence electrons. The number of morpholine rings is 1. The first-order valence-electron chi connectivity index (χ1n) is 10.0. The summed E-state index contributed by atoms with van der Waals surface area (Å²) in [5.41, 5.74) is -0.601. The molecule has 1 aromatic carbocycles. The molecule has 2 aliphatic rings. The van der Waals surface area contributed by atoms with Crippen LogP contribution in [-0.4, -0.2) is 75.4 Å². The molecule has 1 aromatic rings. The van der Waals surface area contributed by atoms with Gasteiger partial charge in [-0.2, -0.15) is 13.2 Å². The number of nitrogens with zero attached hydrogens (tertiary/aromatic N) is 2. The van der Waals surface area contributed by atoms with Crippen LogP contribution in [0.15, 0.2) is 29.3 Å². The zero-order chi connectivity index (χ0) is 21.6. The molecule has 2 heterocycles. The Labute approximate surface area is 173 Å². The molecule has 0 aliphatic carbocycles. The highest BCUT2D eigenvalue weighted by atomic mass is 19.4. The summed E-state index contributed by atoms with van der Waals surface area (Å²) >= 11 is 0. The van der Waals surface area contributed by atoms with Crippen molar-refractivity contribution in [1.82, 2.24) is 15.5 Å². The number of carbonyl (C=O) groups is 1. The summed E-state index contributed by atoms with van der Waals surface area (Å²) in [7, 11) is 1.69. The van der Waals surface area contributed by atoms with Crippen LogP contribution >= 0.6 is 0 Å². The second-order valence-corrected chi connectivity index (χ2v) is 7.21. The van der Waals surface area contributed by atoms with Gasteiger partial charge in [0.1, 0.15) is 6.10 Å². The third-order valence-corrected chi connectivity index (χ3v) is 5.15. The number of halogens is 3. The Morgan fingerprint density at radius 2 is 1.83 bits per heavy atom. The molecule has 2 N–H and O–H groups in total. The first-order valence-corrected chi connectivity index (χ1v) is 10.0. The third kappa shape index (κ3) is 5.85. The molecule has 2 unspecified atom stereocenters. The molecular weight excluding hydrogens is 401 g/mol. The SMILES string of the molecule is CN=C(NCCNC(=O)c1ccc(C(F)(F)F)cc1)N1CCOC(C2CCCO2)C1. The highest BCUT2D eigenvalue weighted by Crippen LogP contribution is 2.29. The van der Waals surface area contributed by atoms with Crippen molar-refractivity contribution in [2.75, 3.05) is 46.4 Å². The summed E-state index contributed by atoms with van der Waals surface area (Å²) < 4.78 is 49.4. The molecule has 2 saturated heterocycles. The number of aliphatic imine (C=N–C) groups is 1. The van der Waals surface area contributed by atoms with E-state index in [0.717, 1.165) is 31.6 Å². The van der Waals surface area contributed by atoms with E-state index in [1.54, 1.807) is 7.05 Å². The van der Waals surface area contributed by atoms with E-state index >= 15 is 0 Å². The smallest absolute Gasteiger partial charge is 0.375 e. The van der Waals surface area contributed by atoms with Gasteiger partial charge in [0.15, 0.2) is 5.96 Å². The van der Waals surface area contributed by atoms with Crippen LogP contribution in [0.5, 0.6) is 0 Å². The summed E-state index contributed by atoms with van der Waals surface area (Å²) in [6.45, 7) is 3.49. The van der Waals surface area contributed by atoms with Crippen molar-refractivity contribution in [1.29, 1.82) is 0 Å². The van der Waals surface area contributed by atoms with E-state index in [1.807, 2.05) is 0 Å². The van der Waals surface area contributed by atoms with Crippen LogP contribution in [-0.2, 0) is 15.7 Å². The molecular formula is C20H27F3N4O3. The molecule has 0 radical (unpaired) electrons. The van der Waals surface area contributed by atoms with Gasteiger partial charge in [-0.05, 0) is 37.1 Å². The van der Waals surface area contributed by atoms with Crippen LogP contribution in [0.3, 0.4) is 0 Å². The topological polar surface area (TPSA) is 75.2 Å². The largest absolute Gasteiger partial charge is 0.416 e. The van der Waals surface area contributed by atoms with Crippen LogP contribution in [0.2, 0.25) is 0 Å². The lowest BCUT2D eigenvalue weighted by Gasteiger charge is -2.37. The van der Waals surface area contributed by atoms with Gasteiger partial charge in [-0.1, -0.05) is 0 Å². The number of rotatable bonds is 5. The Hall–Kier alpha value is -2.33. The fraction of sp³-hybridized carbons (Fsp3) is 0.600. The van der Waals surface area contributed by atoms with E-state index in [4.69, 9.17) is 9.47 Å². The first kappa shape index (κ1) is 22.4. The number of hydrogen-bond donors (Lipinski definition) is 2. The summed E-state index contributed by atoms with van der Waals surface area (Å²) in [6.07, 6.45) is -2.23. The van der Waals surface area contributed by atoms with Crippen molar-refractivity contribution >= 4 is 11.9 Å². The lowest BCUT2D eigenvalue weighted by Crippen LogP contribution is -2.54. The Kier molecular flexibility index (Phi) is 7.54. The van der Waals surface area contributed by atoms with Gasteiger partial charge in [0.2, 0.25) is 0 Å². The average molecular weight is 428 g/mol. The van der Waals surface area contributed by atoms with Crippen LogP contribution in [0.25, 0.3) is 0 Å². The Bertz CT molecular complexity index is 734. The predicted molar refractivity (Wildman–Crippen MR) is 105 cm³/mol. The molecule has 2 atom stereocenters. The zero-order valence-corrected chi connectivity index (χ0v) is 16.9. The van der Waals surface area contributed by atoms with Gasteiger partial charge in [0.05, 0.1) is 18.3 Å². The van der Waals surface area contributed by atoms with Gasteiger partial charge in [-0.15, -0.1) is 0 Å². The van der Waals surface area contributed by atoms with Crippen molar-refractivity contribution in [2.45, 2.75) is 31.2 Å².